The van der Waals surface area contributed by atoms with E-state index < -0.39 is 0 Å². The first-order valence-electron chi connectivity index (χ1n) is 11.3. The molecule has 8 heteroatoms. The van der Waals surface area contributed by atoms with Crippen LogP contribution in [0.1, 0.15) is 75.2 Å². The number of aryl methyl sites for hydroxylation is 1. The fourth-order valence-electron chi connectivity index (χ4n) is 4.29. The van der Waals surface area contributed by atoms with Crippen LogP contribution < -0.4 is 9.64 Å². The van der Waals surface area contributed by atoms with E-state index in [1.165, 1.54) is 0 Å². The van der Waals surface area contributed by atoms with Crippen molar-refractivity contribution in [1.82, 2.24) is 15.1 Å². The standard InChI is InChI=1S/C23H31N5O3/c1-15(2)22-26-23(31-27-22)28-10-8-20(9-11-28)29-18-4-6-19(7-5-18)30-21-16(3)13-25-14-17(21)12-24/h13-15,18-20H,4-11H2,1-3H3/t18-,19-. The Morgan fingerprint density at radius 1 is 1.06 bits per heavy atom. The summed E-state index contributed by atoms with van der Waals surface area (Å²) in [5.74, 6) is 1.71. The Kier molecular flexibility index (Phi) is 6.71. The molecule has 2 aromatic rings. The van der Waals surface area contributed by atoms with Gasteiger partial charge in [-0.3, -0.25) is 4.98 Å². The van der Waals surface area contributed by atoms with Crippen molar-refractivity contribution in [1.29, 1.82) is 5.26 Å². The summed E-state index contributed by atoms with van der Waals surface area (Å²) in [7, 11) is 0. The number of ether oxygens (including phenoxy) is 2. The number of nitriles is 1. The number of hydrogen-bond donors (Lipinski definition) is 0. The summed E-state index contributed by atoms with van der Waals surface area (Å²) in [6.45, 7) is 7.81. The largest absolute Gasteiger partial charge is 0.489 e. The lowest BCUT2D eigenvalue weighted by atomic mass is 9.94. The lowest BCUT2D eigenvalue weighted by molar-refractivity contribution is -0.0530. The van der Waals surface area contributed by atoms with E-state index >= 15 is 0 Å². The van der Waals surface area contributed by atoms with Gasteiger partial charge >= 0.3 is 6.01 Å². The predicted octanol–water partition coefficient (Wildman–Crippen LogP) is 4.14. The maximum absolute atomic E-state index is 9.31. The second-order valence-electron chi connectivity index (χ2n) is 8.87. The molecule has 1 aliphatic carbocycles. The Bertz CT molecular complexity index is 906. The van der Waals surface area contributed by atoms with Gasteiger partial charge in [0.15, 0.2) is 5.82 Å². The van der Waals surface area contributed by atoms with Crippen molar-refractivity contribution in [3.63, 3.8) is 0 Å². The lowest BCUT2D eigenvalue weighted by Gasteiger charge is -2.35. The van der Waals surface area contributed by atoms with Gasteiger partial charge in [0.25, 0.3) is 0 Å². The van der Waals surface area contributed by atoms with Crippen molar-refractivity contribution in [2.24, 2.45) is 0 Å². The van der Waals surface area contributed by atoms with Gasteiger partial charge in [-0.15, -0.1) is 0 Å². The van der Waals surface area contributed by atoms with Gasteiger partial charge in [0.05, 0.1) is 18.3 Å². The number of piperidine rings is 1. The van der Waals surface area contributed by atoms with E-state index in [1.54, 1.807) is 12.4 Å². The molecule has 0 unspecified atom stereocenters. The van der Waals surface area contributed by atoms with Crippen LogP contribution in [0.15, 0.2) is 16.9 Å². The smallest absolute Gasteiger partial charge is 0.324 e. The zero-order valence-electron chi connectivity index (χ0n) is 18.6. The monoisotopic (exact) mass is 425 g/mol. The molecule has 0 spiro atoms. The Morgan fingerprint density at radius 2 is 1.74 bits per heavy atom. The Hall–Kier alpha value is -2.66. The van der Waals surface area contributed by atoms with Gasteiger partial charge in [-0.1, -0.05) is 19.0 Å². The zero-order chi connectivity index (χ0) is 21.8. The third-order valence-electron chi connectivity index (χ3n) is 6.15. The molecule has 1 saturated carbocycles. The maximum atomic E-state index is 9.31. The van der Waals surface area contributed by atoms with Gasteiger partial charge in [-0.25, -0.2) is 0 Å². The van der Waals surface area contributed by atoms with Gasteiger partial charge in [0.1, 0.15) is 17.4 Å². The molecule has 8 nitrogen and oxygen atoms in total. The minimum atomic E-state index is 0.127. The molecule has 0 amide bonds. The van der Waals surface area contributed by atoms with Crippen LogP contribution in [0.5, 0.6) is 5.75 Å². The minimum Gasteiger partial charge on any atom is -0.489 e. The Labute approximate surface area is 183 Å². The van der Waals surface area contributed by atoms with Crippen LogP contribution in [-0.4, -0.2) is 46.5 Å². The number of rotatable bonds is 6. The van der Waals surface area contributed by atoms with Crippen molar-refractivity contribution in [2.45, 2.75) is 83.5 Å². The van der Waals surface area contributed by atoms with E-state index in [9.17, 15) is 5.26 Å². The number of anilines is 1. The molecule has 0 atom stereocenters. The molecule has 0 bridgehead atoms. The van der Waals surface area contributed by atoms with Crippen LogP contribution in [0.25, 0.3) is 0 Å². The third-order valence-corrected chi connectivity index (χ3v) is 6.15. The topological polar surface area (TPSA) is 97.3 Å². The quantitative estimate of drug-likeness (QED) is 0.681. The van der Waals surface area contributed by atoms with Crippen molar-refractivity contribution < 1.29 is 14.0 Å². The van der Waals surface area contributed by atoms with Crippen molar-refractivity contribution in [3.8, 4) is 11.8 Å². The first kappa shape index (κ1) is 21.6. The van der Waals surface area contributed by atoms with Gasteiger partial charge in [0, 0.05) is 37.0 Å². The Morgan fingerprint density at radius 3 is 2.39 bits per heavy atom. The van der Waals surface area contributed by atoms with Crippen LogP contribution in [-0.2, 0) is 4.74 Å². The molecule has 2 aliphatic rings. The summed E-state index contributed by atoms with van der Waals surface area (Å²) in [5.41, 5.74) is 1.41. The van der Waals surface area contributed by atoms with E-state index in [1.807, 2.05) is 6.92 Å². The fraction of sp³-hybridized carbons (Fsp3) is 0.652. The van der Waals surface area contributed by atoms with Crippen molar-refractivity contribution in [3.05, 3.63) is 29.3 Å². The van der Waals surface area contributed by atoms with Gasteiger partial charge in [0.2, 0.25) is 0 Å². The van der Waals surface area contributed by atoms with Gasteiger partial charge in [-0.2, -0.15) is 10.2 Å². The molecule has 3 heterocycles. The Balaban J connectivity index is 1.22. The summed E-state index contributed by atoms with van der Waals surface area (Å²) in [6, 6.07) is 2.81. The van der Waals surface area contributed by atoms with Gasteiger partial charge < -0.3 is 18.9 Å². The normalized spacial score (nSPS) is 22.5. The second-order valence-corrected chi connectivity index (χ2v) is 8.87. The number of nitrogens with zero attached hydrogens (tertiary/aromatic N) is 5. The predicted molar refractivity (Wildman–Crippen MR) is 115 cm³/mol. The van der Waals surface area contributed by atoms with Gasteiger partial charge in [-0.05, 0) is 45.4 Å². The SMILES string of the molecule is Cc1cncc(C#N)c1O[C@H]1CC[C@H](OC2CCN(c3nc(C(C)C)no3)CC2)CC1. The summed E-state index contributed by atoms with van der Waals surface area (Å²) < 4.78 is 18.0. The van der Waals surface area contributed by atoms with Crippen molar-refractivity contribution in [2.75, 3.05) is 18.0 Å². The third kappa shape index (κ3) is 5.16. The lowest BCUT2D eigenvalue weighted by Crippen LogP contribution is -2.39. The van der Waals surface area contributed by atoms with Crippen LogP contribution >= 0.6 is 0 Å². The molecule has 0 radical (unpaired) electrons. The summed E-state index contributed by atoms with van der Waals surface area (Å²) in [5, 5.41) is 13.4. The zero-order valence-corrected chi connectivity index (χ0v) is 18.6. The average Bonchev–Trinajstić information content (AvgIpc) is 3.28. The summed E-state index contributed by atoms with van der Waals surface area (Å²) in [6.07, 6.45) is 9.79. The average molecular weight is 426 g/mol. The molecule has 0 aromatic carbocycles. The van der Waals surface area contributed by atoms with Crippen LogP contribution in [0.3, 0.4) is 0 Å². The summed E-state index contributed by atoms with van der Waals surface area (Å²) >= 11 is 0. The molecule has 2 aromatic heterocycles. The van der Waals surface area contributed by atoms with E-state index in [0.29, 0.717) is 17.3 Å². The summed E-state index contributed by atoms with van der Waals surface area (Å²) in [4.78, 5) is 10.7. The molecule has 31 heavy (non-hydrogen) atoms. The molecular formula is C23H31N5O3. The first-order chi connectivity index (χ1) is 15.0. The molecule has 1 saturated heterocycles. The number of pyridine rings is 1. The number of aromatic nitrogens is 3. The van der Waals surface area contributed by atoms with Crippen LogP contribution in [0.4, 0.5) is 6.01 Å². The minimum absolute atomic E-state index is 0.127. The molecular weight excluding hydrogens is 394 g/mol. The highest BCUT2D eigenvalue weighted by atomic mass is 16.5. The van der Waals surface area contributed by atoms with Crippen LogP contribution in [0.2, 0.25) is 0 Å². The fourth-order valence-corrected chi connectivity index (χ4v) is 4.29. The van der Waals surface area contributed by atoms with E-state index in [4.69, 9.17) is 14.0 Å². The van der Waals surface area contributed by atoms with Crippen molar-refractivity contribution >= 4 is 6.01 Å². The molecule has 2 fully saturated rings. The van der Waals surface area contributed by atoms with Crippen LogP contribution in [0, 0.1) is 18.3 Å². The highest BCUT2D eigenvalue weighted by molar-refractivity contribution is 5.45. The molecule has 4 rings (SSSR count). The number of hydrogen-bond acceptors (Lipinski definition) is 8. The van der Waals surface area contributed by atoms with E-state index in [-0.39, 0.29) is 24.2 Å². The second kappa shape index (κ2) is 9.65. The first-order valence-corrected chi connectivity index (χ1v) is 11.3. The highest BCUT2D eigenvalue weighted by Crippen LogP contribution is 2.31. The molecule has 166 valence electrons. The molecule has 0 N–H and O–H groups in total. The maximum Gasteiger partial charge on any atom is 0.324 e. The van der Waals surface area contributed by atoms with E-state index in [0.717, 1.165) is 63.0 Å². The molecule has 1 aliphatic heterocycles. The highest BCUT2D eigenvalue weighted by Gasteiger charge is 2.29. The van der Waals surface area contributed by atoms with E-state index in [2.05, 4.69) is 39.9 Å².